The molecule has 3 nitrogen and oxygen atoms in total. The largest absolute Gasteiger partial charge is 0.313 e. The average Bonchev–Trinajstić information content (AvgIpc) is 2.16. The lowest BCUT2D eigenvalue weighted by Gasteiger charge is -2.09. The predicted octanol–water partition coefficient (Wildman–Crippen LogP) is 1.87. The second kappa shape index (κ2) is 5.12. The van der Waals surface area contributed by atoms with Gasteiger partial charge in [-0.25, -0.2) is 0 Å². The molecule has 0 N–H and O–H groups in total. The van der Waals surface area contributed by atoms with Gasteiger partial charge in [-0.1, -0.05) is 13.0 Å². The van der Waals surface area contributed by atoms with E-state index in [0.29, 0.717) is 12.1 Å². The number of aryl methyl sites for hydroxylation is 1. The van der Waals surface area contributed by atoms with Gasteiger partial charge in [-0.15, -0.1) is 0 Å². The molecule has 0 atom stereocenters. The zero-order valence-corrected chi connectivity index (χ0v) is 9.67. The molecule has 0 saturated heterocycles. The minimum Gasteiger partial charge on any atom is -0.313 e. The topological polar surface area (TPSA) is 39.1 Å². The molecule has 4 heteroatoms. The molecule has 0 saturated carbocycles. The maximum Gasteiger partial charge on any atom is 0.254 e. The van der Waals surface area contributed by atoms with E-state index in [0.717, 1.165) is 12.1 Å². The predicted molar refractivity (Wildman–Crippen MR) is 60.3 cm³/mol. The third kappa shape index (κ3) is 2.93. The van der Waals surface area contributed by atoms with Crippen molar-refractivity contribution in [2.75, 3.05) is 0 Å². The number of pyridine rings is 1. The first-order valence-corrected chi connectivity index (χ1v) is 5.31. The van der Waals surface area contributed by atoms with Crippen LogP contribution in [0.3, 0.4) is 0 Å². The van der Waals surface area contributed by atoms with Crippen LogP contribution in [0.15, 0.2) is 16.9 Å². The number of halogens is 1. The van der Waals surface area contributed by atoms with Crippen LogP contribution in [0.4, 0.5) is 0 Å². The molecule has 1 rings (SSSR count). The van der Waals surface area contributed by atoms with Crippen LogP contribution in [0.2, 0.25) is 0 Å². The van der Waals surface area contributed by atoms with Crippen LogP contribution in [0.25, 0.3) is 0 Å². The number of carbonyl (C=O) groups is 1. The highest BCUT2D eigenvalue weighted by atomic mass is 35.5. The first-order valence-electron chi connectivity index (χ1n) is 4.94. The van der Waals surface area contributed by atoms with Crippen molar-refractivity contribution >= 4 is 16.8 Å². The van der Waals surface area contributed by atoms with Crippen LogP contribution in [-0.2, 0) is 17.8 Å². The molecule has 0 amide bonds. The molecule has 0 aliphatic heterocycles. The molecule has 0 unspecified atom stereocenters. The summed E-state index contributed by atoms with van der Waals surface area (Å²) in [7, 11) is 0. The lowest BCUT2D eigenvalue weighted by atomic mass is 10.2. The van der Waals surface area contributed by atoms with Crippen molar-refractivity contribution in [3.63, 3.8) is 0 Å². The van der Waals surface area contributed by atoms with Gasteiger partial charge in [0.05, 0.1) is 6.42 Å². The fraction of sp³-hybridized carbons (Fsp3) is 0.455. The Balaban J connectivity index is 3.16. The summed E-state index contributed by atoms with van der Waals surface area (Å²) in [6.45, 7) is 4.56. The van der Waals surface area contributed by atoms with Gasteiger partial charge in [-0.2, -0.15) is 0 Å². The molecule has 0 fully saturated rings. The van der Waals surface area contributed by atoms with Crippen LogP contribution >= 0.6 is 11.6 Å². The summed E-state index contributed by atoms with van der Waals surface area (Å²) in [5.41, 5.74) is 1.27. The molecular weight excluding hydrogens is 214 g/mol. The van der Waals surface area contributed by atoms with Crippen LogP contribution in [0.5, 0.6) is 0 Å². The standard InChI is InChI=1S/C11H14ClNO2/c1-3-6-13-8(2)4-5-9(11(13)15)7-10(12)14/h4-5H,3,6-7H2,1-2H3. The summed E-state index contributed by atoms with van der Waals surface area (Å²) in [5, 5.41) is -0.501. The highest BCUT2D eigenvalue weighted by Crippen LogP contribution is 2.02. The van der Waals surface area contributed by atoms with E-state index in [1.54, 1.807) is 10.6 Å². The van der Waals surface area contributed by atoms with E-state index >= 15 is 0 Å². The first-order chi connectivity index (χ1) is 7.06. The van der Waals surface area contributed by atoms with Gasteiger partial charge in [-0.3, -0.25) is 9.59 Å². The highest BCUT2D eigenvalue weighted by Gasteiger charge is 2.08. The average molecular weight is 228 g/mol. The van der Waals surface area contributed by atoms with Crippen molar-refractivity contribution in [3.05, 3.63) is 33.7 Å². The van der Waals surface area contributed by atoms with Gasteiger partial charge in [0.1, 0.15) is 0 Å². The molecule has 82 valence electrons. The zero-order valence-electron chi connectivity index (χ0n) is 8.92. The lowest BCUT2D eigenvalue weighted by Crippen LogP contribution is -2.26. The maximum atomic E-state index is 11.9. The van der Waals surface area contributed by atoms with Crippen molar-refractivity contribution in [1.29, 1.82) is 0 Å². The summed E-state index contributed by atoms with van der Waals surface area (Å²) in [5.74, 6) is 0. The van der Waals surface area contributed by atoms with Crippen molar-refractivity contribution in [2.45, 2.75) is 33.2 Å². The van der Waals surface area contributed by atoms with Gasteiger partial charge in [0, 0.05) is 17.8 Å². The van der Waals surface area contributed by atoms with E-state index in [-0.39, 0.29) is 12.0 Å². The summed E-state index contributed by atoms with van der Waals surface area (Å²) in [6, 6.07) is 3.51. The smallest absolute Gasteiger partial charge is 0.254 e. The number of hydrogen-bond acceptors (Lipinski definition) is 2. The first kappa shape index (κ1) is 12.0. The minimum atomic E-state index is -0.501. The Hall–Kier alpha value is -1.09. The Morgan fingerprint density at radius 1 is 1.47 bits per heavy atom. The zero-order chi connectivity index (χ0) is 11.4. The molecular formula is C11H14ClNO2. The molecule has 15 heavy (non-hydrogen) atoms. The molecule has 0 aliphatic carbocycles. The van der Waals surface area contributed by atoms with Gasteiger partial charge >= 0.3 is 0 Å². The Bertz CT molecular complexity index is 423. The maximum absolute atomic E-state index is 11.9. The summed E-state index contributed by atoms with van der Waals surface area (Å²) in [4.78, 5) is 22.6. The van der Waals surface area contributed by atoms with Crippen molar-refractivity contribution in [2.24, 2.45) is 0 Å². The molecule has 1 aromatic rings. The van der Waals surface area contributed by atoms with Crippen LogP contribution in [0.1, 0.15) is 24.6 Å². The number of aromatic nitrogens is 1. The molecule has 1 heterocycles. The van der Waals surface area contributed by atoms with Crippen LogP contribution in [0, 0.1) is 6.92 Å². The van der Waals surface area contributed by atoms with E-state index in [1.807, 2.05) is 19.9 Å². The fourth-order valence-electron chi connectivity index (χ4n) is 1.50. The number of hydrogen-bond donors (Lipinski definition) is 0. The Morgan fingerprint density at radius 3 is 2.67 bits per heavy atom. The molecule has 0 radical (unpaired) electrons. The van der Waals surface area contributed by atoms with E-state index in [1.165, 1.54) is 0 Å². The van der Waals surface area contributed by atoms with E-state index in [4.69, 9.17) is 11.6 Å². The second-order valence-corrected chi connectivity index (χ2v) is 3.91. The van der Waals surface area contributed by atoms with E-state index in [2.05, 4.69) is 0 Å². The molecule has 0 aromatic carbocycles. The Morgan fingerprint density at radius 2 is 2.13 bits per heavy atom. The summed E-state index contributed by atoms with van der Waals surface area (Å²) >= 11 is 5.27. The van der Waals surface area contributed by atoms with Crippen molar-refractivity contribution in [1.82, 2.24) is 4.57 Å². The summed E-state index contributed by atoms with van der Waals surface area (Å²) < 4.78 is 1.68. The number of nitrogens with zero attached hydrogens (tertiary/aromatic N) is 1. The van der Waals surface area contributed by atoms with Crippen molar-refractivity contribution in [3.8, 4) is 0 Å². The molecule has 0 spiro atoms. The van der Waals surface area contributed by atoms with Gasteiger partial charge < -0.3 is 4.57 Å². The van der Waals surface area contributed by atoms with Gasteiger partial charge in [0.15, 0.2) is 0 Å². The Labute approximate surface area is 93.7 Å². The quantitative estimate of drug-likeness (QED) is 0.737. The normalized spacial score (nSPS) is 10.3. The number of carbonyl (C=O) groups excluding carboxylic acids is 1. The Kier molecular flexibility index (Phi) is 4.09. The summed E-state index contributed by atoms with van der Waals surface area (Å²) in [6.07, 6.45) is 0.892. The lowest BCUT2D eigenvalue weighted by molar-refractivity contribution is -0.111. The second-order valence-electron chi connectivity index (χ2n) is 3.49. The highest BCUT2D eigenvalue weighted by molar-refractivity contribution is 6.63. The number of rotatable bonds is 4. The van der Waals surface area contributed by atoms with Gasteiger partial charge in [0.25, 0.3) is 5.56 Å². The van der Waals surface area contributed by atoms with Gasteiger partial charge in [0.2, 0.25) is 5.24 Å². The minimum absolute atomic E-state index is 0.00435. The molecule has 0 bridgehead atoms. The van der Waals surface area contributed by atoms with Crippen LogP contribution in [-0.4, -0.2) is 9.81 Å². The third-order valence-electron chi connectivity index (χ3n) is 2.25. The van der Waals surface area contributed by atoms with Gasteiger partial charge in [-0.05, 0) is 31.0 Å². The monoisotopic (exact) mass is 227 g/mol. The van der Waals surface area contributed by atoms with E-state index < -0.39 is 5.24 Å². The van der Waals surface area contributed by atoms with Crippen LogP contribution < -0.4 is 5.56 Å². The third-order valence-corrected chi connectivity index (χ3v) is 2.38. The molecule has 1 aromatic heterocycles. The SMILES string of the molecule is CCCn1c(C)ccc(CC(=O)Cl)c1=O. The fourth-order valence-corrected chi connectivity index (χ4v) is 1.65. The van der Waals surface area contributed by atoms with E-state index in [9.17, 15) is 9.59 Å². The van der Waals surface area contributed by atoms with Crippen molar-refractivity contribution < 1.29 is 4.79 Å². The molecule has 0 aliphatic rings.